The van der Waals surface area contributed by atoms with Crippen LogP contribution in [0.4, 0.5) is 0 Å². The summed E-state index contributed by atoms with van der Waals surface area (Å²) in [6, 6.07) is 4.65. The van der Waals surface area contributed by atoms with Gasteiger partial charge in [-0.3, -0.25) is 9.59 Å². The van der Waals surface area contributed by atoms with Crippen LogP contribution in [0.5, 0.6) is 11.5 Å². The molecular weight excluding hydrogens is 320 g/mol. The summed E-state index contributed by atoms with van der Waals surface area (Å²) in [6.07, 6.45) is 2.33. The summed E-state index contributed by atoms with van der Waals surface area (Å²) in [6.45, 7) is 6.77. The molecule has 6 heteroatoms. The first kappa shape index (κ1) is 17.7. The second kappa shape index (κ2) is 7.44. The lowest BCUT2D eigenvalue weighted by atomic mass is 9.96. The molecule has 2 aliphatic rings. The van der Waals surface area contributed by atoms with Gasteiger partial charge in [-0.15, -0.1) is 0 Å². The van der Waals surface area contributed by atoms with Crippen molar-refractivity contribution in [1.29, 1.82) is 0 Å². The van der Waals surface area contributed by atoms with Crippen LogP contribution in [0, 0.1) is 5.92 Å². The lowest BCUT2D eigenvalue weighted by Crippen LogP contribution is -2.56. The Balaban J connectivity index is 1.57. The van der Waals surface area contributed by atoms with Crippen LogP contribution in [-0.4, -0.2) is 61.0 Å². The summed E-state index contributed by atoms with van der Waals surface area (Å²) in [7, 11) is 1.71. The Morgan fingerprint density at radius 3 is 2.72 bits per heavy atom. The van der Waals surface area contributed by atoms with E-state index in [4.69, 9.17) is 9.47 Å². The molecule has 1 saturated heterocycles. The lowest BCUT2D eigenvalue weighted by molar-refractivity contribution is -0.140. The number of ketones is 1. The number of benzene rings is 1. The van der Waals surface area contributed by atoms with Crippen molar-refractivity contribution < 1.29 is 19.1 Å². The van der Waals surface area contributed by atoms with Crippen molar-refractivity contribution in [3.8, 4) is 11.5 Å². The molecule has 1 fully saturated rings. The van der Waals surface area contributed by atoms with Crippen LogP contribution in [0.25, 0.3) is 0 Å². The second-order valence-electron chi connectivity index (χ2n) is 6.87. The van der Waals surface area contributed by atoms with Crippen LogP contribution in [0.1, 0.15) is 37.0 Å². The highest BCUT2D eigenvalue weighted by atomic mass is 16.7. The molecule has 1 aromatic rings. The highest BCUT2D eigenvalue weighted by molar-refractivity contribution is 6.02. The van der Waals surface area contributed by atoms with E-state index in [1.165, 1.54) is 0 Å². The SMILES string of the molecule is CCCCN1CC(C(=O)N(C)[C@H](C)C(=O)c2ccc3c(c2)OCO3)C1. The molecule has 2 aliphatic heterocycles. The van der Waals surface area contributed by atoms with Crippen molar-refractivity contribution in [3.05, 3.63) is 23.8 Å². The minimum absolute atomic E-state index is 0.00820. The van der Waals surface area contributed by atoms with Crippen molar-refractivity contribution in [2.24, 2.45) is 5.92 Å². The predicted molar refractivity (Wildman–Crippen MR) is 94.0 cm³/mol. The van der Waals surface area contributed by atoms with Crippen LogP contribution in [-0.2, 0) is 4.79 Å². The number of hydrogen-bond acceptors (Lipinski definition) is 5. The van der Waals surface area contributed by atoms with Crippen molar-refractivity contribution in [1.82, 2.24) is 9.80 Å². The number of fused-ring (bicyclic) bond motifs is 1. The number of carbonyl (C=O) groups excluding carboxylic acids is 2. The topological polar surface area (TPSA) is 59.1 Å². The molecule has 0 aromatic heterocycles. The fourth-order valence-electron chi connectivity index (χ4n) is 3.24. The van der Waals surface area contributed by atoms with Gasteiger partial charge in [0.05, 0.1) is 12.0 Å². The second-order valence-corrected chi connectivity index (χ2v) is 6.87. The summed E-state index contributed by atoms with van der Waals surface area (Å²) in [5.74, 6) is 1.20. The Bertz CT molecular complexity index is 655. The van der Waals surface area contributed by atoms with Crippen molar-refractivity contribution >= 4 is 11.7 Å². The van der Waals surface area contributed by atoms with E-state index in [1.54, 1.807) is 37.1 Å². The molecule has 2 heterocycles. The first-order valence-electron chi connectivity index (χ1n) is 8.94. The smallest absolute Gasteiger partial charge is 0.231 e. The molecule has 25 heavy (non-hydrogen) atoms. The molecule has 1 atom stereocenters. The maximum absolute atomic E-state index is 12.7. The van der Waals surface area contributed by atoms with Gasteiger partial charge < -0.3 is 19.3 Å². The molecule has 0 saturated carbocycles. The molecule has 1 amide bonds. The minimum atomic E-state index is -0.502. The molecule has 0 N–H and O–H groups in total. The van der Waals surface area contributed by atoms with Gasteiger partial charge in [-0.2, -0.15) is 0 Å². The first-order valence-corrected chi connectivity index (χ1v) is 8.94. The highest BCUT2D eigenvalue weighted by Crippen LogP contribution is 2.33. The van der Waals surface area contributed by atoms with Crippen molar-refractivity contribution in [3.63, 3.8) is 0 Å². The summed E-state index contributed by atoms with van der Waals surface area (Å²) < 4.78 is 10.6. The summed E-state index contributed by atoms with van der Waals surface area (Å²) in [4.78, 5) is 29.2. The van der Waals surface area contributed by atoms with Crippen LogP contribution >= 0.6 is 0 Å². The minimum Gasteiger partial charge on any atom is -0.454 e. The Labute approximate surface area is 148 Å². The molecule has 1 aromatic carbocycles. The zero-order chi connectivity index (χ0) is 18.0. The molecule has 136 valence electrons. The number of nitrogens with zero attached hydrogens (tertiary/aromatic N) is 2. The van der Waals surface area contributed by atoms with E-state index in [0.717, 1.165) is 32.5 Å². The normalized spacial score (nSPS) is 17.9. The number of hydrogen-bond donors (Lipinski definition) is 0. The number of carbonyl (C=O) groups is 2. The first-order chi connectivity index (χ1) is 12.0. The summed E-state index contributed by atoms with van der Waals surface area (Å²) >= 11 is 0. The van der Waals surface area contributed by atoms with E-state index < -0.39 is 6.04 Å². The van der Waals surface area contributed by atoms with Gasteiger partial charge in [0.1, 0.15) is 0 Å². The molecule has 0 aliphatic carbocycles. The largest absolute Gasteiger partial charge is 0.454 e. The van der Waals surface area contributed by atoms with Gasteiger partial charge in [-0.1, -0.05) is 13.3 Å². The molecule has 0 unspecified atom stereocenters. The van der Waals surface area contributed by atoms with E-state index >= 15 is 0 Å². The molecule has 6 nitrogen and oxygen atoms in total. The van der Waals surface area contributed by atoms with E-state index in [9.17, 15) is 9.59 Å². The summed E-state index contributed by atoms with van der Waals surface area (Å²) in [5.41, 5.74) is 0.537. The van der Waals surface area contributed by atoms with Crippen LogP contribution in [0.15, 0.2) is 18.2 Å². The Morgan fingerprint density at radius 1 is 1.28 bits per heavy atom. The van der Waals surface area contributed by atoms with Gasteiger partial charge in [-0.25, -0.2) is 0 Å². The van der Waals surface area contributed by atoms with E-state index in [0.29, 0.717) is 17.1 Å². The number of likely N-dealkylation sites (N-methyl/N-ethyl adjacent to an activating group) is 1. The van der Waals surface area contributed by atoms with Crippen molar-refractivity contribution in [2.45, 2.75) is 32.7 Å². The van der Waals surface area contributed by atoms with Gasteiger partial charge in [0.2, 0.25) is 12.7 Å². The lowest BCUT2D eigenvalue weighted by Gasteiger charge is -2.40. The number of rotatable bonds is 7. The molecule has 3 rings (SSSR count). The average molecular weight is 346 g/mol. The molecule has 0 bridgehead atoms. The van der Waals surface area contributed by atoms with Gasteiger partial charge >= 0.3 is 0 Å². The van der Waals surface area contributed by atoms with E-state index in [-0.39, 0.29) is 24.4 Å². The molecule has 0 spiro atoms. The number of likely N-dealkylation sites (tertiary alicyclic amines) is 1. The van der Waals surface area contributed by atoms with Gasteiger partial charge in [-0.05, 0) is 38.1 Å². The monoisotopic (exact) mass is 346 g/mol. The highest BCUT2D eigenvalue weighted by Gasteiger charge is 2.36. The third-order valence-corrected chi connectivity index (χ3v) is 5.10. The Morgan fingerprint density at radius 2 is 2.00 bits per heavy atom. The Hall–Kier alpha value is -2.08. The van der Waals surface area contributed by atoms with Gasteiger partial charge in [0.25, 0.3) is 0 Å². The molecule has 0 radical (unpaired) electrons. The van der Waals surface area contributed by atoms with Crippen LogP contribution in [0.3, 0.4) is 0 Å². The number of unbranched alkanes of at least 4 members (excludes halogenated alkanes) is 1. The van der Waals surface area contributed by atoms with Crippen LogP contribution in [0.2, 0.25) is 0 Å². The summed E-state index contributed by atoms with van der Waals surface area (Å²) in [5, 5.41) is 0. The predicted octanol–water partition coefficient (Wildman–Crippen LogP) is 2.18. The van der Waals surface area contributed by atoms with Gasteiger partial charge in [0, 0.05) is 25.7 Å². The van der Waals surface area contributed by atoms with Gasteiger partial charge in [0.15, 0.2) is 17.3 Å². The third-order valence-electron chi connectivity index (χ3n) is 5.10. The Kier molecular flexibility index (Phi) is 5.27. The molecular formula is C19H26N2O4. The number of ether oxygens (including phenoxy) is 2. The third kappa shape index (κ3) is 3.63. The van der Waals surface area contributed by atoms with Crippen molar-refractivity contribution in [2.75, 3.05) is 33.5 Å². The zero-order valence-electron chi connectivity index (χ0n) is 15.2. The maximum atomic E-state index is 12.7. The average Bonchev–Trinajstić information content (AvgIpc) is 3.05. The van der Waals surface area contributed by atoms with Crippen LogP contribution < -0.4 is 9.47 Å². The number of amides is 1. The number of Topliss-reactive ketones (excluding diaryl/α,β-unsaturated/α-hetero) is 1. The zero-order valence-corrected chi connectivity index (χ0v) is 15.2. The maximum Gasteiger partial charge on any atom is 0.231 e. The van der Waals surface area contributed by atoms with E-state index in [1.807, 2.05) is 0 Å². The fraction of sp³-hybridized carbons (Fsp3) is 0.579. The quantitative estimate of drug-likeness (QED) is 0.708. The standard InChI is InChI=1S/C19H26N2O4/c1-4-5-8-21-10-15(11-21)19(23)20(3)13(2)18(22)14-6-7-16-17(9-14)25-12-24-16/h6-7,9,13,15H,4-5,8,10-12H2,1-3H3/t13-/m1/s1. The van der Waals surface area contributed by atoms with E-state index in [2.05, 4.69) is 11.8 Å². The fourth-order valence-corrected chi connectivity index (χ4v) is 3.24.